The van der Waals surface area contributed by atoms with Crippen LogP contribution in [0, 0.1) is 11.8 Å². The van der Waals surface area contributed by atoms with Gasteiger partial charge in [-0.3, -0.25) is 9.59 Å². The normalized spacial score (nSPS) is 23.2. The Bertz CT molecular complexity index is 257. The predicted molar refractivity (Wildman–Crippen MR) is 58.4 cm³/mol. The SMILES string of the molecule is CCC(C)C1(C(C)CC)OC(=O)CC(=O)O1. The summed E-state index contributed by atoms with van der Waals surface area (Å²) in [6.07, 6.45) is 1.32. The van der Waals surface area contributed by atoms with Crippen molar-refractivity contribution in [1.29, 1.82) is 0 Å². The molecule has 1 saturated heterocycles. The summed E-state index contributed by atoms with van der Waals surface area (Å²) in [5, 5.41) is 0. The van der Waals surface area contributed by atoms with Crippen LogP contribution in [0.2, 0.25) is 0 Å². The highest BCUT2D eigenvalue weighted by Crippen LogP contribution is 2.38. The van der Waals surface area contributed by atoms with E-state index in [-0.39, 0.29) is 18.3 Å². The van der Waals surface area contributed by atoms with Gasteiger partial charge in [-0.05, 0) is 12.8 Å². The smallest absolute Gasteiger partial charge is 0.320 e. The lowest BCUT2D eigenvalue weighted by atomic mass is 9.85. The van der Waals surface area contributed by atoms with E-state index >= 15 is 0 Å². The van der Waals surface area contributed by atoms with Crippen LogP contribution in [0.1, 0.15) is 47.0 Å². The Morgan fingerprint density at radius 1 is 1.06 bits per heavy atom. The van der Waals surface area contributed by atoms with E-state index in [4.69, 9.17) is 9.47 Å². The molecule has 0 aromatic carbocycles. The molecule has 0 amide bonds. The fourth-order valence-electron chi connectivity index (χ4n) is 2.02. The van der Waals surface area contributed by atoms with Gasteiger partial charge in [0, 0.05) is 11.8 Å². The van der Waals surface area contributed by atoms with Crippen molar-refractivity contribution in [2.75, 3.05) is 0 Å². The molecule has 1 heterocycles. The molecule has 1 fully saturated rings. The Kier molecular flexibility index (Phi) is 3.94. The van der Waals surface area contributed by atoms with Crippen LogP contribution in [0.15, 0.2) is 0 Å². The van der Waals surface area contributed by atoms with Gasteiger partial charge in [0.2, 0.25) is 0 Å². The number of cyclic esters (lactones) is 2. The Balaban J connectivity index is 3.02. The molecule has 0 radical (unpaired) electrons. The molecule has 1 rings (SSSR count). The third kappa shape index (κ3) is 2.20. The lowest BCUT2D eigenvalue weighted by molar-refractivity contribution is -0.279. The maximum Gasteiger partial charge on any atom is 0.320 e. The molecule has 0 saturated carbocycles. The molecule has 1 aliphatic heterocycles. The monoisotopic (exact) mass is 228 g/mol. The second-order valence-electron chi connectivity index (χ2n) is 4.46. The lowest BCUT2D eigenvalue weighted by Gasteiger charge is -2.43. The summed E-state index contributed by atoms with van der Waals surface area (Å²) < 4.78 is 10.7. The molecule has 2 unspecified atom stereocenters. The van der Waals surface area contributed by atoms with Crippen molar-refractivity contribution in [1.82, 2.24) is 0 Å². The van der Waals surface area contributed by atoms with Gasteiger partial charge >= 0.3 is 11.9 Å². The molecule has 0 aliphatic carbocycles. The molecule has 4 nitrogen and oxygen atoms in total. The van der Waals surface area contributed by atoms with Gasteiger partial charge in [0.15, 0.2) is 0 Å². The van der Waals surface area contributed by atoms with E-state index in [0.717, 1.165) is 12.8 Å². The Labute approximate surface area is 96.3 Å². The molecule has 0 aromatic heterocycles. The van der Waals surface area contributed by atoms with Crippen molar-refractivity contribution in [2.24, 2.45) is 11.8 Å². The summed E-state index contributed by atoms with van der Waals surface area (Å²) in [5.74, 6) is -1.99. The Morgan fingerprint density at radius 3 is 1.75 bits per heavy atom. The van der Waals surface area contributed by atoms with Gasteiger partial charge in [0.1, 0.15) is 6.42 Å². The number of esters is 2. The third-order valence-electron chi connectivity index (χ3n) is 3.43. The summed E-state index contributed by atoms with van der Waals surface area (Å²) in [6, 6.07) is 0. The highest BCUT2D eigenvalue weighted by Gasteiger charge is 2.50. The maximum absolute atomic E-state index is 11.4. The minimum absolute atomic E-state index is 0.00986. The summed E-state index contributed by atoms with van der Waals surface area (Å²) in [7, 11) is 0. The van der Waals surface area contributed by atoms with Crippen LogP contribution in [0.25, 0.3) is 0 Å². The zero-order valence-corrected chi connectivity index (χ0v) is 10.4. The molecule has 4 heteroatoms. The molecule has 92 valence electrons. The van der Waals surface area contributed by atoms with Crippen molar-refractivity contribution in [3.63, 3.8) is 0 Å². The molecule has 0 bridgehead atoms. The first-order chi connectivity index (χ1) is 7.46. The van der Waals surface area contributed by atoms with Crippen LogP contribution < -0.4 is 0 Å². The average Bonchev–Trinajstić information content (AvgIpc) is 2.25. The van der Waals surface area contributed by atoms with Gasteiger partial charge < -0.3 is 9.47 Å². The van der Waals surface area contributed by atoms with E-state index in [0.29, 0.717) is 0 Å². The van der Waals surface area contributed by atoms with Gasteiger partial charge in [-0.25, -0.2) is 0 Å². The van der Waals surface area contributed by atoms with E-state index in [1.807, 2.05) is 27.7 Å². The summed E-state index contributed by atoms with van der Waals surface area (Å²) in [5.41, 5.74) is 0. The lowest BCUT2D eigenvalue weighted by Crippen LogP contribution is -2.54. The molecule has 0 aromatic rings. The van der Waals surface area contributed by atoms with Crippen LogP contribution >= 0.6 is 0 Å². The quantitative estimate of drug-likeness (QED) is 0.547. The molecule has 2 atom stereocenters. The average molecular weight is 228 g/mol. The van der Waals surface area contributed by atoms with Crippen molar-refractivity contribution < 1.29 is 19.1 Å². The van der Waals surface area contributed by atoms with E-state index < -0.39 is 17.7 Å². The first kappa shape index (κ1) is 13.0. The van der Waals surface area contributed by atoms with Crippen LogP contribution in [0.4, 0.5) is 0 Å². The number of rotatable bonds is 4. The van der Waals surface area contributed by atoms with Gasteiger partial charge in [0.05, 0.1) is 0 Å². The fraction of sp³-hybridized carbons (Fsp3) is 0.833. The zero-order chi connectivity index (χ0) is 12.3. The van der Waals surface area contributed by atoms with E-state index in [1.54, 1.807) is 0 Å². The molecule has 0 N–H and O–H groups in total. The van der Waals surface area contributed by atoms with Crippen molar-refractivity contribution in [3.8, 4) is 0 Å². The number of carbonyl (C=O) groups is 2. The van der Waals surface area contributed by atoms with Crippen LogP contribution in [0.5, 0.6) is 0 Å². The Morgan fingerprint density at radius 2 is 1.44 bits per heavy atom. The fourth-order valence-corrected chi connectivity index (χ4v) is 2.02. The highest BCUT2D eigenvalue weighted by molar-refractivity contribution is 5.93. The van der Waals surface area contributed by atoms with Crippen LogP contribution in [-0.2, 0) is 19.1 Å². The molecule has 16 heavy (non-hydrogen) atoms. The van der Waals surface area contributed by atoms with E-state index in [9.17, 15) is 9.59 Å². The predicted octanol–water partition coefficient (Wildman–Crippen LogP) is 2.27. The van der Waals surface area contributed by atoms with E-state index in [1.165, 1.54) is 0 Å². The second-order valence-corrected chi connectivity index (χ2v) is 4.46. The zero-order valence-electron chi connectivity index (χ0n) is 10.4. The summed E-state index contributed by atoms with van der Waals surface area (Å²) >= 11 is 0. The summed E-state index contributed by atoms with van der Waals surface area (Å²) in [4.78, 5) is 22.8. The van der Waals surface area contributed by atoms with Crippen molar-refractivity contribution >= 4 is 11.9 Å². The van der Waals surface area contributed by atoms with Gasteiger partial charge in [-0.15, -0.1) is 0 Å². The molecular weight excluding hydrogens is 208 g/mol. The minimum atomic E-state index is -1.06. The van der Waals surface area contributed by atoms with Crippen LogP contribution in [-0.4, -0.2) is 17.7 Å². The largest absolute Gasteiger partial charge is 0.421 e. The first-order valence-electron chi connectivity index (χ1n) is 5.89. The maximum atomic E-state index is 11.4. The van der Waals surface area contributed by atoms with Gasteiger partial charge in [0.25, 0.3) is 5.79 Å². The third-order valence-corrected chi connectivity index (χ3v) is 3.43. The standard InChI is InChI=1S/C12H20O4/c1-5-8(3)12(9(4)6-2)15-10(13)7-11(14)16-12/h8-9H,5-7H2,1-4H3. The topological polar surface area (TPSA) is 52.6 Å². The van der Waals surface area contributed by atoms with E-state index in [2.05, 4.69) is 0 Å². The molecular formula is C12H20O4. The molecule has 1 aliphatic rings. The van der Waals surface area contributed by atoms with Crippen molar-refractivity contribution in [2.45, 2.75) is 52.7 Å². The highest BCUT2D eigenvalue weighted by atomic mass is 16.7. The first-order valence-corrected chi connectivity index (χ1v) is 5.89. The Hall–Kier alpha value is -1.06. The van der Waals surface area contributed by atoms with Crippen molar-refractivity contribution in [3.05, 3.63) is 0 Å². The second kappa shape index (κ2) is 4.85. The summed E-state index contributed by atoms with van der Waals surface area (Å²) in [6.45, 7) is 7.87. The number of hydrogen-bond acceptors (Lipinski definition) is 4. The minimum Gasteiger partial charge on any atom is -0.421 e. The number of carbonyl (C=O) groups excluding carboxylic acids is 2. The molecule has 0 spiro atoms. The number of ether oxygens (including phenoxy) is 2. The van der Waals surface area contributed by atoms with Gasteiger partial charge in [-0.1, -0.05) is 27.7 Å². The number of hydrogen-bond donors (Lipinski definition) is 0. The van der Waals surface area contributed by atoms with Crippen LogP contribution in [0.3, 0.4) is 0 Å². The van der Waals surface area contributed by atoms with Gasteiger partial charge in [-0.2, -0.15) is 0 Å².